The van der Waals surface area contributed by atoms with Crippen LogP contribution in [0, 0.1) is 0 Å². The summed E-state index contributed by atoms with van der Waals surface area (Å²) >= 11 is 0. The number of anilines is 1. The summed E-state index contributed by atoms with van der Waals surface area (Å²) in [6, 6.07) is 17.5. The van der Waals surface area contributed by atoms with E-state index < -0.39 is 0 Å². The molecule has 0 spiro atoms. The zero-order valence-electron chi connectivity index (χ0n) is 16.5. The van der Waals surface area contributed by atoms with Crippen LogP contribution in [0.4, 0.5) is 5.69 Å². The van der Waals surface area contributed by atoms with Gasteiger partial charge < -0.3 is 5.32 Å². The third-order valence-electron chi connectivity index (χ3n) is 5.28. The van der Waals surface area contributed by atoms with Crippen LogP contribution in [0.2, 0.25) is 0 Å². The Labute approximate surface area is 177 Å². The molecule has 3 amide bonds. The lowest BCUT2D eigenvalue weighted by molar-refractivity contribution is 0.0692. The molecule has 31 heavy (non-hydrogen) atoms. The largest absolute Gasteiger partial charge is 0.322 e. The molecule has 7 nitrogen and oxygen atoms in total. The molecule has 0 radical (unpaired) electrons. The van der Waals surface area contributed by atoms with E-state index in [1.165, 1.54) is 13.1 Å². The lowest BCUT2D eigenvalue weighted by Crippen LogP contribution is -2.24. The Hall–Kier alpha value is -4.39. The molecule has 150 valence electrons. The molecule has 2 aromatic carbocycles. The summed E-state index contributed by atoms with van der Waals surface area (Å²) < 4.78 is 0. The van der Waals surface area contributed by atoms with E-state index in [0.29, 0.717) is 33.4 Å². The van der Waals surface area contributed by atoms with Crippen molar-refractivity contribution in [1.29, 1.82) is 0 Å². The number of hydrogen-bond acceptors (Lipinski definition) is 5. The fourth-order valence-electron chi connectivity index (χ4n) is 3.67. The van der Waals surface area contributed by atoms with Crippen LogP contribution < -0.4 is 5.32 Å². The number of amides is 3. The van der Waals surface area contributed by atoms with Gasteiger partial charge in [-0.25, -0.2) is 4.98 Å². The molecule has 0 atom stereocenters. The molecule has 0 bridgehead atoms. The Morgan fingerprint density at radius 2 is 1.65 bits per heavy atom. The highest BCUT2D eigenvalue weighted by Gasteiger charge is 2.32. The SMILES string of the molecule is CN1C(=O)c2ccc(NC(=O)c3cc(-c4ccncc4)nc4ccccc34)cc2C1=O. The number of para-hydroxylation sites is 1. The van der Waals surface area contributed by atoms with Gasteiger partial charge in [0.25, 0.3) is 17.7 Å². The minimum atomic E-state index is -0.384. The average Bonchev–Trinajstić information content (AvgIpc) is 3.02. The van der Waals surface area contributed by atoms with Crippen LogP contribution in [-0.2, 0) is 0 Å². The average molecular weight is 408 g/mol. The van der Waals surface area contributed by atoms with Crippen molar-refractivity contribution < 1.29 is 14.4 Å². The van der Waals surface area contributed by atoms with Crippen LogP contribution in [0.15, 0.2) is 73.1 Å². The lowest BCUT2D eigenvalue weighted by atomic mass is 10.0. The molecule has 7 heteroatoms. The van der Waals surface area contributed by atoms with Crippen molar-refractivity contribution >= 4 is 34.3 Å². The van der Waals surface area contributed by atoms with Crippen molar-refractivity contribution in [3.8, 4) is 11.3 Å². The Bertz CT molecular complexity index is 1380. The summed E-state index contributed by atoms with van der Waals surface area (Å²) in [5.74, 6) is -1.07. The molecule has 4 aromatic rings. The topological polar surface area (TPSA) is 92.3 Å². The highest BCUT2D eigenvalue weighted by molar-refractivity contribution is 6.22. The van der Waals surface area contributed by atoms with Crippen molar-refractivity contribution in [3.05, 3.63) is 89.7 Å². The summed E-state index contributed by atoms with van der Waals surface area (Å²) in [5, 5.41) is 3.56. The third-order valence-corrected chi connectivity index (χ3v) is 5.28. The molecule has 5 rings (SSSR count). The van der Waals surface area contributed by atoms with E-state index in [1.54, 1.807) is 30.6 Å². The van der Waals surface area contributed by atoms with E-state index in [0.717, 1.165) is 10.5 Å². The van der Waals surface area contributed by atoms with Gasteiger partial charge in [-0.2, -0.15) is 0 Å². The number of pyridine rings is 2. The smallest absolute Gasteiger partial charge is 0.261 e. The summed E-state index contributed by atoms with van der Waals surface area (Å²) in [5.41, 5.74) is 3.70. The predicted octanol–water partition coefficient (Wildman–Crippen LogP) is 3.77. The van der Waals surface area contributed by atoms with Gasteiger partial charge in [-0.05, 0) is 42.5 Å². The monoisotopic (exact) mass is 408 g/mol. The molecule has 3 heterocycles. The molecule has 2 aromatic heterocycles. The molecular formula is C24H16N4O3. The summed E-state index contributed by atoms with van der Waals surface area (Å²) in [7, 11) is 1.44. The fraction of sp³-hybridized carbons (Fsp3) is 0.0417. The lowest BCUT2D eigenvalue weighted by Gasteiger charge is -2.11. The van der Waals surface area contributed by atoms with Gasteiger partial charge >= 0.3 is 0 Å². The maximum atomic E-state index is 13.2. The van der Waals surface area contributed by atoms with Gasteiger partial charge in [-0.15, -0.1) is 0 Å². The normalized spacial score (nSPS) is 12.9. The third kappa shape index (κ3) is 3.12. The van der Waals surface area contributed by atoms with Crippen LogP contribution in [0.25, 0.3) is 22.2 Å². The number of aromatic nitrogens is 2. The number of carbonyl (C=O) groups excluding carboxylic acids is 3. The minimum Gasteiger partial charge on any atom is -0.322 e. The molecule has 1 N–H and O–H groups in total. The highest BCUT2D eigenvalue weighted by Crippen LogP contribution is 2.27. The van der Waals surface area contributed by atoms with Gasteiger partial charge in [-0.3, -0.25) is 24.3 Å². The first-order valence-electron chi connectivity index (χ1n) is 9.61. The van der Waals surface area contributed by atoms with Crippen LogP contribution in [0.1, 0.15) is 31.1 Å². The maximum Gasteiger partial charge on any atom is 0.261 e. The van der Waals surface area contributed by atoms with Gasteiger partial charge in [0.1, 0.15) is 0 Å². The van der Waals surface area contributed by atoms with Gasteiger partial charge in [0.05, 0.1) is 27.9 Å². The van der Waals surface area contributed by atoms with Gasteiger partial charge in [0, 0.05) is 36.1 Å². The van der Waals surface area contributed by atoms with Crippen molar-refractivity contribution in [1.82, 2.24) is 14.9 Å². The van der Waals surface area contributed by atoms with Crippen molar-refractivity contribution in [2.45, 2.75) is 0 Å². The van der Waals surface area contributed by atoms with E-state index in [1.807, 2.05) is 36.4 Å². The first kappa shape index (κ1) is 18.6. The number of imide groups is 1. The van der Waals surface area contributed by atoms with Crippen LogP contribution in [-0.4, -0.2) is 39.6 Å². The van der Waals surface area contributed by atoms with E-state index in [2.05, 4.69) is 15.3 Å². The Balaban J connectivity index is 1.55. The standard InChI is InChI=1S/C24H16N4O3/c1-28-23(30)17-7-6-15(12-19(17)24(28)31)26-22(29)18-13-21(14-8-10-25-11-9-14)27-20-5-3-2-4-16(18)20/h2-13H,1H3,(H,26,29). The second kappa shape index (κ2) is 7.14. The van der Waals surface area contributed by atoms with Crippen molar-refractivity contribution in [3.63, 3.8) is 0 Å². The number of nitrogens with one attached hydrogen (secondary N) is 1. The zero-order chi connectivity index (χ0) is 21.5. The number of rotatable bonds is 3. The molecule has 0 saturated carbocycles. The molecule has 0 saturated heterocycles. The number of carbonyl (C=O) groups is 3. The molecule has 1 aliphatic rings. The van der Waals surface area contributed by atoms with Gasteiger partial charge in [0.2, 0.25) is 0 Å². The van der Waals surface area contributed by atoms with Crippen LogP contribution >= 0.6 is 0 Å². The summed E-state index contributed by atoms with van der Waals surface area (Å²) in [6.07, 6.45) is 3.34. The Morgan fingerprint density at radius 1 is 0.903 bits per heavy atom. The van der Waals surface area contributed by atoms with E-state index >= 15 is 0 Å². The quantitative estimate of drug-likeness (QED) is 0.521. The molecule has 1 aliphatic heterocycles. The molecule has 0 aliphatic carbocycles. The van der Waals surface area contributed by atoms with E-state index in [9.17, 15) is 14.4 Å². The molecule has 0 unspecified atom stereocenters. The number of hydrogen-bond donors (Lipinski definition) is 1. The second-order valence-corrected chi connectivity index (χ2v) is 7.19. The van der Waals surface area contributed by atoms with Gasteiger partial charge in [0.15, 0.2) is 0 Å². The van der Waals surface area contributed by atoms with E-state index in [-0.39, 0.29) is 23.3 Å². The number of fused-ring (bicyclic) bond motifs is 2. The minimum absolute atomic E-state index is 0.280. The first-order valence-corrected chi connectivity index (χ1v) is 9.61. The Kier molecular flexibility index (Phi) is 4.29. The predicted molar refractivity (Wildman–Crippen MR) is 116 cm³/mol. The number of benzene rings is 2. The van der Waals surface area contributed by atoms with Crippen molar-refractivity contribution in [2.24, 2.45) is 0 Å². The van der Waals surface area contributed by atoms with Crippen LogP contribution in [0.5, 0.6) is 0 Å². The fourth-order valence-corrected chi connectivity index (χ4v) is 3.67. The molecular weight excluding hydrogens is 392 g/mol. The molecule has 0 fully saturated rings. The maximum absolute atomic E-state index is 13.2. The first-order chi connectivity index (χ1) is 15.0. The number of nitrogens with zero attached hydrogens (tertiary/aromatic N) is 3. The summed E-state index contributed by atoms with van der Waals surface area (Å²) in [6.45, 7) is 0. The summed E-state index contributed by atoms with van der Waals surface area (Å²) in [4.78, 5) is 47.3. The van der Waals surface area contributed by atoms with E-state index in [4.69, 9.17) is 0 Å². The zero-order valence-corrected chi connectivity index (χ0v) is 16.5. The van der Waals surface area contributed by atoms with Crippen LogP contribution in [0.3, 0.4) is 0 Å². The van der Waals surface area contributed by atoms with Gasteiger partial charge in [-0.1, -0.05) is 18.2 Å². The Morgan fingerprint density at radius 3 is 2.45 bits per heavy atom. The second-order valence-electron chi connectivity index (χ2n) is 7.19. The van der Waals surface area contributed by atoms with Crippen molar-refractivity contribution in [2.75, 3.05) is 12.4 Å². The highest BCUT2D eigenvalue weighted by atomic mass is 16.2.